The lowest BCUT2D eigenvalue weighted by molar-refractivity contribution is -0.121. The maximum absolute atomic E-state index is 12.3. The van der Waals surface area contributed by atoms with Crippen molar-refractivity contribution in [1.82, 2.24) is 0 Å². The summed E-state index contributed by atoms with van der Waals surface area (Å²) >= 11 is 0. The van der Waals surface area contributed by atoms with Crippen LogP contribution in [-0.2, 0) is 4.79 Å². The van der Waals surface area contributed by atoms with Crippen molar-refractivity contribution in [3.63, 3.8) is 0 Å². The molecule has 3 nitrogen and oxygen atoms in total. The van der Waals surface area contributed by atoms with E-state index in [-0.39, 0.29) is 17.9 Å². The number of benzene rings is 2. The molecule has 1 amide bonds. The second kappa shape index (κ2) is 5.63. The molecule has 0 bridgehead atoms. The molecule has 2 aromatic rings. The average Bonchev–Trinajstić information content (AvgIpc) is 2.47. The SMILES string of the molecule is NC1CCCCC1C(=O)Nc1ccc2ccccc2c1. The maximum Gasteiger partial charge on any atom is 0.229 e. The van der Waals surface area contributed by atoms with Crippen molar-refractivity contribution in [3.8, 4) is 0 Å². The number of amides is 1. The number of nitrogens with two attached hydrogens (primary N) is 1. The first kappa shape index (κ1) is 13.1. The number of hydrogen-bond donors (Lipinski definition) is 2. The molecule has 3 N–H and O–H groups in total. The van der Waals surface area contributed by atoms with Crippen molar-refractivity contribution in [3.05, 3.63) is 42.5 Å². The third kappa shape index (κ3) is 2.68. The number of rotatable bonds is 2. The van der Waals surface area contributed by atoms with Gasteiger partial charge in [0.2, 0.25) is 5.91 Å². The van der Waals surface area contributed by atoms with Gasteiger partial charge >= 0.3 is 0 Å². The number of nitrogens with one attached hydrogen (secondary N) is 1. The summed E-state index contributed by atoms with van der Waals surface area (Å²) in [5, 5.41) is 5.33. The molecule has 0 heterocycles. The Balaban J connectivity index is 1.76. The Labute approximate surface area is 119 Å². The fourth-order valence-electron chi connectivity index (χ4n) is 2.99. The molecule has 2 unspecified atom stereocenters. The second-order valence-corrected chi connectivity index (χ2v) is 5.61. The van der Waals surface area contributed by atoms with E-state index in [4.69, 9.17) is 5.73 Å². The first-order valence-corrected chi connectivity index (χ1v) is 7.29. The van der Waals surface area contributed by atoms with Gasteiger partial charge in [-0.1, -0.05) is 43.2 Å². The van der Waals surface area contributed by atoms with Crippen LogP contribution in [0.15, 0.2) is 42.5 Å². The predicted octanol–water partition coefficient (Wildman–Crippen LogP) is 3.30. The number of anilines is 1. The largest absolute Gasteiger partial charge is 0.327 e. The van der Waals surface area contributed by atoms with Crippen molar-refractivity contribution >= 4 is 22.4 Å². The zero-order valence-electron chi connectivity index (χ0n) is 11.5. The van der Waals surface area contributed by atoms with Crippen LogP contribution in [0, 0.1) is 5.92 Å². The molecular formula is C17H20N2O. The number of carbonyl (C=O) groups excluding carboxylic acids is 1. The Hall–Kier alpha value is -1.87. The predicted molar refractivity (Wildman–Crippen MR) is 82.5 cm³/mol. The van der Waals surface area contributed by atoms with Gasteiger partial charge in [0.05, 0.1) is 5.92 Å². The third-order valence-electron chi connectivity index (χ3n) is 4.17. The quantitative estimate of drug-likeness (QED) is 0.878. The third-order valence-corrected chi connectivity index (χ3v) is 4.17. The van der Waals surface area contributed by atoms with E-state index in [9.17, 15) is 4.79 Å². The smallest absolute Gasteiger partial charge is 0.229 e. The number of hydrogen-bond acceptors (Lipinski definition) is 2. The van der Waals surface area contributed by atoms with Crippen LogP contribution in [0.2, 0.25) is 0 Å². The van der Waals surface area contributed by atoms with Gasteiger partial charge in [0.25, 0.3) is 0 Å². The lowest BCUT2D eigenvalue weighted by Crippen LogP contribution is -2.40. The average molecular weight is 268 g/mol. The minimum Gasteiger partial charge on any atom is -0.327 e. The highest BCUT2D eigenvalue weighted by Crippen LogP contribution is 2.25. The lowest BCUT2D eigenvalue weighted by Gasteiger charge is -2.27. The normalized spacial score (nSPS) is 22.6. The molecule has 104 valence electrons. The van der Waals surface area contributed by atoms with Crippen LogP contribution in [0.5, 0.6) is 0 Å². The number of fused-ring (bicyclic) bond motifs is 1. The van der Waals surface area contributed by atoms with Gasteiger partial charge in [0, 0.05) is 11.7 Å². The van der Waals surface area contributed by atoms with Gasteiger partial charge in [-0.05, 0) is 35.7 Å². The van der Waals surface area contributed by atoms with E-state index in [0.717, 1.165) is 36.8 Å². The highest BCUT2D eigenvalue weighted by atomic mass is 16.1. The highest BCUT2D eigenvalue weighted by molar-refractivity contribution is 5.96. The summed E-state index contributed by atoms with van der Waals surface area (Å²) in [5.74, 6) is 0.0164. The molecule has 2 atom stereocenters. The van der Waals surface area contributed by atoms with Crippen molar-refractivity contribution in [2.45, 2.75) is 31.7 Å². The fourth-order valence-corrected chi connectivity index (χ4v) is 2.99. The molecule has 0 saturated heterocycles. The molecule has 3 rings (SSSR count). The van der Waals surface area contributed by atoms with E-state index < -0.39 is 0 Å². The van der Waals surface area contributed by atoms with Gasteiger partial charge in [-0.15, -0.1) is 0 Å². The van der Waals surface area contributed by atoms with E-state index in [1.807, 2.05) is 30.3 Å². The standard InChI is InChI=1S/C17H20N2O/c18-16-8-4-3-7-15(16)17(20)19-14-10-9-12-5-1-2-6-13(12)11-14/h1-2,5-6,9-11,15-16H,3-4,7-8,18H2,(H,19,20). The summed E-state index contributed by atoms with van der Waals surface area (Å²) in [5.41, 5.74) is 6.92. The Morgan fingerprint density at radius 3 is 2.60 bits per heavy atom. The maximum atomic E-state index is 12.3. The summed E-state index contributed by atoms with van der Waals surface area (Å²) < 4.78 is 0. The molecule has 0 aliphatic heterocycles. The van der Waals surface area contributed by atoms with Gasteiger partial charge in [-0.3, -0.25) is 4.79 Å². The Morgan fingerprint density at radius 2 is 1.80 bits per heavy atom. The molecular weight excluding hydrogens is 248 g/mol. The minimum atomic E-state index is -0.0461. The molecule has 0 radical (unpaired) electrons. The molecule has 1 fully saturated rings. The Morgan fingerprint density at radius 1 is 1.05 bits per heavy atom. The van der Waals surface area contributed by atoms with Crippen molar-refractivity contribution in [1.29, 1.82) is 0 Å². The monoisotopic (exact) mass is 268 g/mol. The van der Waals surface area contributed by atoms with Crippen LogP contribution in [-0.4, -0.2) is 11.9 Å². The molecule has 1 aliphatic rings. The summed E-state index contributed by atoms with van der Waals surface area (Å²) in [6.45, 7) is 0. The Kier molecular flexibility index (Phi) is 3.70. The minimum absolute atomic E-state index is 0.00389. The van der Waals surface area contributed by atoms with E-state index in [1.54, 1.807) is 0 Å². The number of carbonyl (C=O) groups is 1. The molecule has 1 saturated carbocycles. The van der Waals surface area contributed by atoms with Gasteiger partial charge < -0.3 is 11.1 Å². The topological polar surface area (TPSA) is 55.1 Å². The summed E-state index contributed by atoms with van der Waals surface area (Å²) in [4.78, 5) is 12.3. The van der Waals surface area contributed by atoms with E-state index >= 15 is 0 Å². The van der Waals surface area contributed by atoms with Crippen LogP contribution >= 0.6 is 0 Å². The van der Waals surface area contributed by atoms with E-state index in [0.29, 0.717) is 0 Å². The van der Waals surface area contributed by atoms with Gasteiger partial charge in [0.1, 0.15) is 0 Å². The Bertz CT molecular complexity index is 623. The second-order valence-electron chi connectivity index (χ2n) is 5.61. The summed E-state index contributed by atoms with van der Waals surface area (Å²) in [6, 6.07) is 14.1. The van der Waals surface area contributed by atoms with Gasteiger partial charge in [-0.2, -0.15) is 0 Å². The van der Waals surface area contributed by atoms with Crippen molar-refractivity contribution < 1.29 is 4.79 Å². The van der Waals surface area contributed by atoms with E-state index in [1.165, 1.54) is 5.39 Å². The van der Waals surface area contributed by atoms with Gasteiger partial charge in [-0.25, -0.2) is 0 Å². The van der Waals surface area contributed by atoms with Crippen LogP contribution in [0.3, 0.4) is 0 Å². The van der Waals surface area contributed by atoms with E-state index in [2.05, 4.69) is 17.4 Å². The zero-order chi connectivity index (χ0) is 13.9. The summed E-state index contributed by atoms with van der Waals surface area (Å²) in [6.07, 6.45) is 4.10. The van der Waals surface area contributed by atoms with Crippen LogP contribution in [0.25, 0.3) is 10.8 Å². The molecule has 0 aromatic heterocycles. The van der Waals surface area contributed by atoms with Crippen molar-refractivity contribution in [2.75, 3.05) is 5.32 Å². The first-order chi connectivity index (χ1) is 9.74. The van der Waals surface area contributed by atoms with Crippen LogP contribution < -0.4 is 11.1 Å². The summed E-state index contributed by atoms with van der Waals surface area (Å²) in [7, 11) is 0. The fraction of sp³-hybridized carbons (Fsp3) is 0.353. The lowest BCUT2D eigenvalue weighted by atomic mass is 9.84. The van der Waals surface area contributed by atoms with Crippen molar-refractivity contribution in [2.24, 2.45) is 11.7 Å². The van der Waals surface area contributed by atoms with Crippen LogP contribution in [0.1, 0.15) is 25.7 Å². The van der Waals surface area contributed by atoms with Crippen LogP contribution in [0.4, 0.5) is 5.69 Å². The first-order valence-electron chi connectivity index (χ1n) is 7.29. The molecule has 20 heavy (non-hydrogen) atoms. The molecule has 2 aromatic carbocycles. The zero-order valence-corrected chi connectivity index (χ0v) is 11.5. The molecule has 3 heteroatoms. The van der Waals surface area contributed by atoms with Gasteiger partial charge in [0.15, 0.2) is 0 Å². The molecule has 0 spiro atoms. The molecule has 1 aliphatic carbocycles. The highest BCUT2D eigenvalue weighted by Gasteiger charge is 2.28.